The van der Waals surface area contributed by atoms with E-state index >= 15 is 0 Å². The molecule has 0 saturated heterocycles. The van der Waals surface area contributed by atoms with E-state index in [4.69, 9.17) is 0 Å². The maximum Gasteiger partial charge on any atom is 0.139 e. The van der Waals surface area contributed by atoms with Gasteiger partial charge in [0, 0.05) is 17.6 Å². The molecule has 1 aromatic rings. The number of benzene rings is 1. The molecule has 1 aliphatic rings. The molecule has 1 nitrogen and oxygen atoms in total. The number of hydrogen-bond acceptors (Lipinski definition) is 1. The molecule has 0 bridgehead atoms. The van der Waals surface area contributed by atoms with Gasteiger partial charge < -0.3 is 5.32 Å². The van der Waals surface area contributed by atoms with Gasteiger partial charge in [0.25, 0.3) is 0 Å². The zero-order chi connectivity index (χ0) is 9.64. The lowest BCUT2D eigenvalue weighted by Gasteiger charge is -2.17. The van der Waals surface area contributed by atoms with Gasteiger partial charge in [-0.05, 0) is 33.6 Å². The molecule has 0 spiro atoms. The summed E-state index contributed by atoms with van der Waals surface area (Å²) in [5.41, 5.74) is 2.21. The molecule has 1 aliphatic heterocycles. The van der Waals surface area contributed by atoms with Crippen molar-refractivity contribution in [3.05, 3.63) is 28.0 Å². The molecule has 0 atom stereocenters. The van der Waals surface area contributed by atoms with Crippen molar-refractivity contribution >= 4 is 21.6 Å². The first-order chi connectivity index (χ1) is 6.00. The molecule has 0 aromatic heterocycles. The van der Waals surface area contributed by atoms with Crippen molar-refractivity contribution in [2.24, 2.45) is 0 Å². The molecule has 1 N–H and O–H groups in total. The quantitative estimate of drug-likeness (QED) is 0.738. The fourth-order valence-corrected chi connectivity index (χ4v) is 2.01. The van der Waals surface area contributed by atoms with E-state index in [1.54, 1.807) is 6.07 Å². The highest BCUT2D eigenvalue weighted by molar-refractivity contribution is 9.10. The third-order valence-electron chi connectivity index (χ3n) is 2.51. The van der Waals surface area contributed by atoms with Crippen LogP contribution in [0.1, 0.15) is 19.4 Å². The van der Waals surface area contributed by atoms with E-state index in [-0.39, 0.29) is 11.2 Å². The number of fused-ring (bicyclic) bond motifs is 1. The number of nitrogens with one attached hydrogen (secondary N) is 1. The Hall–Kier alpha value is -0.570. The van der Waals surface area contributed by atoms with Gasteiger partial charge in [-0.3, -0.25) is 0 Å². The minimum absolute atomic E-state index is 0.103. The summed E-state index contributed by atoms with van der Waals surface area (Å²) in [6, 6.07) is 3.42. The summed E-state index contributed by atoms with van der Waals surface area (Å²) in [5.74, 6) is -0.205. The molecule has 0 fully saturated rings. The molecule has 0 saturated carbocycles. The molecule has 1 heterocycles. The van der Waals surface area contributed by atoms with E-state index < -0.39 is 0 Å². The molecule has 1 aromatic carbocycles. The Morgan fingerprint density at radius 3 is 2.85 bits per heavy atom. The largest absolute Gasteiger partial charge is 0.384 e. The third kappa shape index (κ3) is 1.35. The molecular formula is C10H11BrFN. The van der Waals surface area contributed by atoms with E-state index in [1.807, 2.05) is 6.07 Å². The summed E-state index contributed by atoms with van der Waals surface area (Å²) in [7, 11) is 0. The van der Waals surface area contributed by atoms with Crippen LogP contribution < -0.4 is 5.32 Å². The molecule has 0 unspecified atom stereocenters. The number of rotatable bonds is 0. The summed E-state index contributed by atoms with van der Waals surface area (Å²) >= 11 is 3.20. The van der Waals surface area contributed by atoms with Crippen molar-refractivity contribution < 1.29 is 4.39 Å². The average molecular weight is 244 g/mol. The summed E-state index contributed by atoms with van der Waals surface area (Å²) in [6.07, 6.45) is 0. The van der Waals surface area contributed by atoms with Crippen LogP contribution in [-0.4, -0.2) is 6.54 Å². The van der Waals surface area contributed by atoms with Crippen LogP contribution in [0.15, 0.2) is 16.6 Å². The summed E-state index contributed by atoms with van der Waals surface area (Å²) < 4.78 is 13.7. The van der Waals surface area contributed by atoms with Crippen LogP contribution in [-0.2, 0) is 5.41 Å². The van der Waals surface area contributed by atoms with Crippen molar-refractivity contribution in [1.82, 2.24) is 0 Å². The van der Waals surface area contributed by atoms with Crippen molar-refractivity contribution in [2.45, 2.75) is 19.3 Å². The summed E-state index contributed by atoms with van der Waals surface area (Å²) in [6.45, 7) is 5.17. The maximum atomic E-state index is 13.1. The molecule has 70 valence electrons. The Kier molecular flexibility index (Phi) is 1.88. The maximum absolute atomic E-state index is 13.1. The average Bonchev–Trinajstić information content (AvgIpc) is 2.31. The van der Waals surface area contributed by atoms with Crippen molar-refractivity contribution in [3.8, 4) is 0 Å². The van der Waals surface area contributed by atoms with Gasteiger partial charge in [-0.25, -0.2) is 4.39 Å². The lowest BCUT2D eigenvalue weighted by atomic mass is 9.87. The van der Waals surface area contributed by atoms with Crippen LogP contribution in [0.25, 0.3) is 0 Å². The van der Waals surface area contributed by atoms with E-state index in [2.05, 4.69) is 35.1 Å². The van der Waals surface area contributed by atoms with Crippen LogP contribution in [0.3, 0.4) is 0 Å². The minimum Gasteiger partial charge on any atom is -0.384 e. The van der Waals surface area contributed by atoms with E-state index in [1.165, 1.54) is 5.56 Å². The van der Waals surface area contributed by atoms with Gasteiger partial charge in [-0.15, -0.1) is 0 Å². The molecular weight excluding hydrogens is 233 g/mol. The predicted octanol–water partition coefficient (Wildman–Crippen LogP) is 3.29. The SMILES string of the molecule is CC1(C)CNc2cc(F)c(Br)cc21. The molecule has 0 radical (unpaired) electrons. The van der Waals surface area contributed by atoms with E-state index in [9.17, 15) is 4.39 Å². The smallest absolute Gasteiger partial charge is 0.139 e. The topological polar surface area (TPSA) is 12.0 Å². The van der Waals surface area contributed by atoms with Crippen molar-refractivity contribution in [1.29, 1.82) is 0 Å². The first kappa shape index (κ1) is 9.00. The summed E-state index contributed by atoms with van der Waals surface area (Å²) in [4.78, 5) is 0. The molecule has 0 aliphatic carbocycles. The van der Waals surface area contributed by atoms with Gasteiger partial charge in [-0.2, -0.15) is 0 Å². The second-order valence-corrected chi connectivity index (χ2v) is 4.90. The van der Waals surface area contributed by atoms with E-state index in [0.29, 0.717) is 4.47 Å². The standard InChI is InChI=1S/C10H11BrFN/c1-10(2)5-13-9-4-8(12)7(11)3-6(9)10/h3-4,13H,5H2,1-2H3. The monoisotopic (exact) mass is 243 g/mol. The fraction of sp³-hybridized carbons (Fsp3) is 0.400. The number of anilines is 1. The molecule has 2 rings (SSSR count). The minimum atomic E-state index is -0.205. The second kappa shape index (κ2) is 2.71. The Morgan fingerprint density at radius 1 is 1.46 bits per heavy atom. The van der Waals surface area contributed by atoms with Crippen LogP contribution in [0.2, 0.25) is 0 Å². The Balaban J connectivity index is 2.61. The first-order valence-electron chi connectivity index (χ1n) is 4.24. The number of halogens is 2. The highest BCUT2D eigenvalue weighted by Crippen LogP contribution is 2.38. The van der Waals surface area contributed by atoms with Gasteiger partial charge in [0.05, 0.1) is 4.47 Å². The Labute approximate surface area is 85.5 Å². The third-order valence-corrected chi connectivity index (χ3v) is 3.12. The summed E-state index contributed by atoms with van der Waals surface area (Å²) in [5, 5.41) is 3.20. The second-order valence-electron chi connectivity index (χ2n) is 4.05. The Bertz CT molecular complexity index is 360. The predicted molar refractivity (Wildman–Crippen MR) is 55.6 cm³/mol. The van der Waals surface area contributed by atoms with Crippen molar-refractivity contribution in [3.63, 3.8) is 0 Å². The van der Waals surface area contributed by atoms with Gasteiger partial charge in [0.1, 0.15) is 5.82 Å². The Morgan fingerprint density at radius 2 is 2.15 bits per heavy atom. The van der Waals surface area contributed by atoms with Crippen molar-refractivity contribution in [2.75, 3.05) is 11.9 Å². The van der Waals surface area contributed by atoms with Gasteiger partial charge >= 0.3 is 0 Å². The van der Waals surface area contributed by atoms with Crippen LogP contribution in [0.5, 0.6) is 0 Å². The molecule has 13 heavy (non-hydrogen) atoms. The normalized spacial score (nSPS) is 18.2. The zero-order valence-corrected chi connectivity index (χ0v) is 9.20. The van der Waals surface area contributed by atoms with Gasteiger partial charge in [0.2, 0.25) is 0 Å². The fourth-order valence-electron chi connectivity index (χ4n) is 1.66. The lowest BCUT2D eigenvalue weighted by Crippen LogP contribution is -2.18. The van der Waals surface area contributed by atoms with E-state index in [0.717, 1.165) is 12.2 Å². The van der Waals surface area contributed by atoms with Gasteiger partial charge in [0.15, 0.2) is 0 Å². The van der Waals surface area contributed by atoms with Gasteiger partial charge in [-0.1, -0.05) is 13.8 Å². The number of hydrogen-bond donors (Lipinski definition) is 1. The van der Waals surface area contributed by atoms with Crippen LogP contribution in [0.4, 0.5) is 10.1 Å². The molecule has 3 heteroatoms. The lowest BCUT2D eigenvalue weighted by molar-refractivity contribution is 0.582. The van der Waals surface area contributed by atoms with Crippen LogP contribution >= 0.6 is 15.9 Å². The highest BCUT2D eigenvalue weighted by Gasteiger charge is 2.30. The molecule has 0 amide bonds. The zero-order valence-electron chi connectivity index (χ0n) is 7.62. The first-order valence-corrected chi connectivity index (χ1v) is 5.03. The highest BCUT2D eigenvalue weighted by atomic mass is 79.9. The van der Waals surface area contributed by atoms with Crippen LogP contribution in [0, 0.1) is 5.82 Å².